The van der Waals surface area contributed by atoms with E-state index in [9.17, 15) is 9.18 Å². The van der Waals surface area contributed by atoms with Gasteiger partial charge >= 0.3 is 0 Å². The van der Waals surface area contributed by atoms with Crippen LogP contribution in [-0.4, -0.2) is 48.3 Å². The molecule has 2 fully saturated rings. The average Bonchev–Trinajstić information content (AvgIpc) is 3.00. The molecule has 1 aromatic heterocycles. The Kier molecular flexibility index (Phi) is 3.26. The number of carbonyl (C=O) groups excluding carboxylic acids is 1. The highest BCUT2D eigenvalue weighted by molar-refractivity contribution is 5.92. The van der Waals surface area contributed by atoms with Gasteiger partial charge in [0.25, 0.3) is 5.91 Å². The molecule has 6 heteroatoms. The SMILES string of the molecule is CNC[C@@H]1C[C@H](F)CN1C(=O)c1cc(C2CC2)on1. The minimum atomic E-state index is -0.947. The van der Waals surface area contributed by atoms with Crippen molar-refractivity contribution in [1.82, 2.24) is 15.4 Å². The van der Waals surface area contributed by atoms with Crippen LogP contribution >= 0.6 is 0 Å². The lowest BCUT2D eigenvalue weighted by molar-refractivity contribution is 0.0719. The molecule has 3 rings (SSSR count). The number of nitrogens with one attached hydrogen (secondary N) is 1. The van der Waals surface area contributed by atoms with Gasteiger partial charge in [-0.15, -0.1) is 0 Å². The number of likely N-dealkylation sites (N-methyl/N-ethyl adjacent to an activating group) is 1. The number of alkyl halides is 1. The molecular formula is C13H18FN3O2. The third-order valence-electron chi connectivity index (χ3n) is 3.79. The van der Waals surface area contributed by atoms with Gasteiger partial charge in [-0.1, -0.05) is 5.16 Å². The lowest BCUT2D eigenvalue weighted by Gasteiger charge is -2.22. The Morgan fingerprint density at radius 2 is 2.42 bits per heavy atom. The summed E-state index contributed by atoms with van der Waals surface area (Å²) >= 11 is 0. The zero-order chi connectivity index (χ0) is 13.4. The molecule has 1 aliphatic heterocycles. The summed E-state index contributed by atoms with van der Waals surface area (Å²) in [6.45, 7) is 0.746. The molecule has 2 aliphatic rings. The molecule has 1 saturated heterocycles. The van der Waals surface area contributed by atoms with E-state index >= 15 is 0 Å². The van der Waals surface area contributed by atoms with Gasteiger partial charge in [0.1, 0.15) is 11.9 Å². The summed E-state index contributed by atoms with van der Waals surface area (Å²) in [5, 5.41) is 6.83. The van der Waals surface area contributed by atoms with Gasteiger partial charge in [0, 0.05) is 31.0 Å². The van der Waals surface area contributed by atoms with E-state index in [1.165, 1.54) is 0 Å². The number of halogens is 1. The van der Waals surface area contributed by atoms with Crippen molar-refractivity contribution in [3.05, 3.63) is 17.5 Å². The maximum atomic E-state index is 13.5. The number of rotatable bonds is 4. The maximum Gasteiger partial charge on any atom is 0.276 e. The van der Waals surface area contributed by atoms with Crippen LogP contribution in [0.4, 0.5) is 4.39 Å². The van der Waals surface area contributed by atoms with E-state index in [2.05, 4.69) is 10.5 Å². The van der Waals surface area contributed by atoms with E-state index in [0.29, 0.717) is 24.6 Å². The highest BCUT2D eigenvalue weighted by Crippen LogP contribution is 2.40. The smallest absolute Gasteiger partial charge is 0.276 e. The molecule has 0 aromatic carbocycles. The fourth-order valence-corrected chi connectivity index (χ4v) is 2.63. The maximum absolute atomic E-state index is 13.5. The zero-order valence-corrected chi connectivity index (χ0v) is 10.9. The average molecular weight is 267 g/mol. The Bertz CT molecular complexity index is 472. The van der Waals surface area contributed by atoms with E-state index in [0.717, 1.165) is 18.6 Å². The van der Waals surface area contributed by atoms with E-state index in [-0.39, 0.29) is 18.5 Å². The first-order valence-electron chi connectivity index (χ1n) is 6.75. The molecule has 0 bridgehead atoms. The minimum absolute atomic E-state index is 0.103. The van der Waals surface area contributed by atoms with E-state index in [4.69, 9.17) is 4.52 Å². The number of likely N-dealkylation sites (tertiary alicyclic amines) is 1. The Morgan fingerprint density at radius 1 is 1.63 bits per heavy atom. The highest BCUT2D eigenvalue weighted by atomic mass is 19.1. The predicted octanol–water partition coefficient (Wildman–Crippen LogP) is 1.32. The van der Waals surface area contributed by atoms with Crippen molar-refractivity contribution in [2.45, 2.75) is 37.4 Å². The minimum Gasteiger partial charge on any atom is -0.360 e. The monoisotopic (exact) mass is 267 g/mol. The lowest BCUT2D eigenvalue weighted by Crippen LogP contribution is -2.41. The zero-order valence-electron chi connectivity index (χ0n) is 10.9. The van der Waals surface area contributed by atoms with E-state index in [1.807, 2.05) is 0 Å². The van der Waals surface area contributed by atoms with Gasteiger partial charge in [-0.25, -0.2) is 4.39 Å². The van der Waals surface area contributed by atoms with Crippen molar-refractivity contribution in [2.24, 2.45) is 0 Å². The molecule has 104 valence electrons. The van der Waals surface area contributed by atoms with Crippen LogP contribution in [0.25, 0.3) is 0 Å². The van der Waals surface area contributed by atoms with Crippen molar-refractivity contribution in [3.8, 4) is 0 Å². The second-order valence-corrected chi connectivity index (χ2v) is 5.39. The number of aromatic nitrogens is 1. The standard InChI is InChI=1S/C13H18FN3O2/c1-15-6-10-4-9(14)7-17(10)13(18)11-5-12(19-16-11)8-2-3-8/h5,8-10,15H,2-4,6-7H2,1H3/t9-,10-/m0/s1. The predicted molar refractivity (Wildman–Crippen MR) is 66.7 cm³/mol. The highest BCUT2D eigenvalue weighted by Gasteiger charge is 2.37. The summed E-state index contributed by atoms with van der Waals surface area (Å²) in [7, 11) is 1.80. The van der Waals surface area contributed by atoms with Crippen molar-refractivity contribution in [2.75, 3.05) is 20.1 Å². The van der Waals surface area contributed by atoms with Crippen LogP contribution in [0.3, 0.4) is 0 Å². The van der Waals surface area contributed by atoms with Crippen molar-refractivity contribution < 1.29 is 13.7 Å². The van der Waals surface area contributed by atoms with Crippen LogP contribution in [0.2, 0.25) is 0 Å². The fraction of sp³-hybridized carbons (Fsp3) is 0.692. The second-order valence-electron chi connectivity index (χ2n) is 5.39. The van der Waals surface area contributed by atoms with Crippen LogP contribution in [0.1, 0.15) is 41.4 Å². The summed E-state index contributed by atoms with van der Waals surface area (Å²) in [6, 6.07) is 1.61. The molecule has 2 atom stereocenters. The Hall–Kier alpha value is -1.43. The number of hydrogen-bond donors (Lipinski definition) is 1. The number of amides is 1. The van der Waals surface area contributed by atoms with Gasteiger partial charge < -0.3 is 14.7 Å². The summed E-state index contributed by atoms with van der Waals surface area (Å²) < 4.78 is 18.7. The van der Waals surface area contributed by atoms with Gasteiger partial charge in [0.05, 0.1) is 6.54 Å². The number of hydrogen-bond acceptors (Lipinski definition) is 4. The molecule has 0 radical (unpaired) electrons. The molecular weight excluding hydrogens is 249 g/mol. The first-order chi connectivity index (χ1) is 9.19. The van der Waals surface area contributed by atoms with E-state index in [1.54, 1.807) is 18.0 Å². The third kappa shape index (κ3) is 2.49. The quantitative estimate of drug-likeness (QED) is 0.894. The lowest BCUT2D eigenvalue weighted by atomic mass is 10.2. The molecule has 1 amide bonds. The van der Waals surface area contributed by atoms with Crippen LogP contribution < -0.4 is 5.32 Å². The van der Waals surface area contributed by atoms with Crippen LogP contribution in [-0.2, 0) is 0 Å². The van der Waals surface area contributed by atoms with Crippen molar-refractivity contribution >= 4 is 5.91 Å². The van der Waals surface area contributed by atoms with Crippen LogP contribution in [0.5, 0.6) is 0 Å². The third-order valence-corrected chi connectivity index (χ3v) is 3.79. The normalized spacial score (nSPS) is 26.9. The summed E-state index contributed by atoms with van der Waals surface area (Å²) in [6.07, 6.45) is 1.64. The first-order valence-corrected chi connectivity index (χ1v) is 6.75. The van der Waals surface area contributed by atoms with Crippen LogP contribution in [0.15, 0.2) is 10.6 Å². The Balaban J connectivity index is 1.73. The van der Waals surface area contributed by atoms with E-state index < -0.39 is 6.17 Å². The van der Waals surface area contributed by atoms with Crippen molar-refractivity contribution in [3.63, 3.8) is 0 Å². The Morgan fingerprint density at radius 3 is 3.11 bits per heavy atom. The molecule has 0 unspecified atom stereocenters. The Labute approximate surface area is 111 Å². The topological polar surface area (TPSA) is 58.4 Å². The van der Waals surface area contributed by atoms with Crippen LogP contribution in [0, 0.1) is 0 Å². The molecule has 1 saturated carbocycles. The molecule has 19 heavy (non-hydrogen) atoms. The van der Waals surface area contributed by atoms with Gasteiger partial charge in [-0.05, 0) is 19.9 Å². The molecule has 1 N–H and O–H groups in total. The van der Waals surface area contributed by atoms with Gasteiger partial charge in [0.15, 0.2) is 5.69 Å². The van der Waals surface area contributed by atoms with Gasteiger partial charge in [0.2, 0.25) is 0 Å². The first kappa shape index (κ1) is 12.6. The van der Waals surface area contributed by atoms with Crippen molar-refractivity contribution in [1.29, 1.82) is 0 Å². The number of carbonyl (C=O) groups is 1. The molecule has 0 spiro atoms. The van der Waals surface area contributed by atoms with Gasteiger partial charge in [-0.2, -0.15) is 0 Å². The molecule has 1 aliphatic carbocycles. The summed E-state index contributed by atoms with van der Waals surface area (Å²) in [5.74, 6) is 0.982. The molecule has 1 aromatic rings. The second kappa shape index (κ2) is 4.92. The fourth-order valence-electron chi connectivity index (χ4n) is 2.63. The summed E-state index contributed by atoms with van der Waals surface area (Å²) in [4.78, 5) is 13.9. The number of nitrogens with zero attached hydrogens (tertiary/aromatic N) is 2. The summed E-state index contributed by atoms with van der Waals surface area (Å²) in [5.41, 5.74) is 0.303. The largest absolute Gasteiger partial charge is 0.360 e. The molecule has 5 nitrogen and oxygen atoms in total. The van der Waals surface area contributed by atoms with Gasteiger partial charge in [-0.3, -0.25) is 4.79 Å². The molecule has 2 heterocycles.